The summed E-state index contributed by atoms with van der Waals surface area (Å²) >= 11 is 3.59. The van der Waals surface area contributed by atoms with Crippen LogP contribution < -0.4 is 4.74 Å². The van der Waals surface area contributed by atoms with Crippen LogP contribution in [0.2, 0.25) is 0 Å². The van der Waals surface area contributed by atoms with Gasteiger partial charge in [0.05, 0.1) is 6.61 Å². The van der Waals surface area contributed by atoms with E-state index in [1.807, 2.05) is 6.92 Å². The van der Waals surface area contributed by atoms with Gasteiger partial charge in [-0.2, -0.15) is 0 Å². The molecular weight excluding hydrogens is 240 g/mol. The fourth-order valence-corrected chi connectivity index (χ4v) is 2.61. The number of benzene rings is 1. The number of alkyl halides is 1. The standard InChI is InChI=1S/C12H15BrO/c1-2-14-11-5-3-10(4-6-11)12(9-13)7-8-12/h3-6H,2,7-9H2,1H3. The second kappa shape index (κ2) is 3.93. The van der Waals surface area contributed by atoms with E-state index in [0.29, 0.717) is 5.41 Å². The molecule has 0 N–H and O–H groups in total. The third-order valence-corrected chi connectivity index (χ3v) is 3.96. The number of hydrogen-bond donors (Lipinski definition) is 0. The Morgan fingerprint density at radius 3 is 2.36 bits per heavy atom. The average Bonchev–Trinajstić information content (AvgIpc) is 3.00. The second-order valence-corrected chi connectivity index (χ2v) is 4.43. The summed E-state index contributed by atoms with van der Waals surface area (Å²) in [7, 11) is 0. The van der Waals surface area contributed by atoms with E-state index in [0.717, 1.165) is 17.7 Å². The minimum absolute atomic E-state index is 0.435. The number of ether oxygens (including phenoxy) is 1. The molecule has 1 saturated carbocycles. The lowest BCUT2D eigenvalue weighted by molar-refractivity contribution is 0.340. The minimum Gasteiger partial charge on any atom is -0.494 e. The number of hydrogen-bond acceptors (Lipinski definition) is 1. The molecule has 0 radical (unpaired) electrons. The summed E-state index contributed by atoms with van der Waals surface area (Å²) in [6.07, 6.45) is 2.62. The fraction of sp³-hybridized carbons (Fsp3) is 0.500. The van der Waals surface area contributed by atoms with E-state index in [1.54, 1.807) is 0 Å². The van der Waals surface area contributed by atoms with Crippen molar-refractivity contribution >= 4 is 15.9 Å². The Kier molecular flexibility index (Phi) is 2.82. The van der Waals surface area contributed by atoms with E-state index in [-0.39, 0.29) is 0 Å². The van der Waals surface area contributed by atoms with Crippen LogP contribution >= 0.6 is 15.9 Å². The summed E-state index contributed by atoms with van der Waals surface area (Å²) in [5, 5.41) is 1.08. The van der Waals surface area contributed by atoms with Gasteiger partial charge in [0.2, 0.25) is 0 Å². The Morgan fingerprint density at radius 1 is 1.29 bits per heavy atom. The molecule has 0 spiro atoms. The number of rotatable bonds is 4. The smallest absolute Gasteiger partial charge is 0.119 e. The highest BCUT2D eigenvalue weighted by Gasteiger charge is 2.42. The van der Waals surface area contributed by atoms with Gasteiger partial charge < -0.3 is 4.74 Å². The van der Waals surface area contributed by atoms with Gasteiger partial charge in [-0.15, -0.1) is 0 Å². The quantitative estimate of drug-likeness (QED) is 0.748. The van der Waals surface area contributed by atoms with E-state index >= 15 is 0 Å². The highest BCUT2D eigenvalue weighted by atomic mass is 79.9. The summed E-state index contributed by atoms with van der Waals surface area (Å²) in [5.41, 5.74) is 1.88. The molecule has 1 aromatic rings. The summed E-state index contributed by atoms with van der Waals surface area (Å²) in [5.74, 6) is 0.974. The molecule has 0 heterocycles. The molecule has 1 aliphatic rings. The van der Waals surface area contributed by atoms with Crippen LogP contribution in [0, 0.1) is 0 Å². The van der Waals surface area contributed by atoms with Crippen molar-refractivity contribution in [1.29, 1.82) is 0 Å². The second-order valence-electron chi connectivity index (χ2n) is 3.87. The van der Waals surface area contributed by atoms with Crippen molar-refractivity contribution < 1.29 is 4.74 Å². The third-order valence-electron chi connectivity index (χ3n) is 2.89. The van der Waals surface area contributed by atoms with Crippen molar-refractivity contribution in [1.82, 2.24) is 0 Å². The molecule has 0 bridgehead atoms. The van der Waals surface area contributed by atoms with Crippen molar-refractivity contribution in [3.63, 3.8) is 0 Å². The van der Waals surface area contributed by atoms with Crippen LogP contribution in [0.4, 0.5) is 0 Å². The SMILES string of the molecule is CCOc1ccc(C2(CBr)CC2)cc1. The molecule has 0 aliphatic heterocycles. The molecule has 1 nitrogen and oxygen atoms in total. The molecule has 1 fully saturated rings. The third kappa shape index (κ3) is 1.81. The molecule has 76 valence electrons. The van der Waals surface area contributed by atoms with Gasteiger partial charge in [0, 0.05) is 10.7 Å². The first-order chi connectivity index (χ1) is 6.80. The maximum atomic E-state index is 5.42. The predicted octanol–water partition coefficient (Wildman–Crippen LogP) is 3.51. The molecule has 0 aromatic heterocycles. The van der Waals surface area contributed by atoms with Gasteiger partial charge in [0.1, 0.15) is 5.75 Å². The molecule has 1 aromatic carbocycles. The van der Waals surface area contributed by atoms with Gasteiger partial charge >= 0.3 is 0 Å². The molecule has 2 rings (SSSR count). The molecule has 2 heteroatoms. The van der Waals surface area contributed by atoms with Crippen LogP contribution in [-0.2, 0) is 5.41 Å². The van der Waals surface area contributed by atoms with E-state index in [9.17, 15) is 0 Å². The number of halogens is 1. The summed E-state index contributed by atoms with van der Waals surface area (Å²) in [6.45, 7) is 2.75. The van der Waals surface area contributed by atoms with Crippen LogP contribution in [-0.4, -0.2) is 11.9 Å². The Morgan fingerprint density at radius 2 is 1.93 bits per heavy atom. The zero-order valence-corrected chi connectivity index (χ0v) is 10.0. The first kappa shape index (κ1) is 10.0. The van der Waals surface area contributed by atoms with Gasteiger partial charge in [-0.1, -0.05) is 28.1 Å². The van der Waals surface area contributed by atoms with Crippen molar-refractivity contribution in [3.8, 4) is 5.75 Å². The van der Waals surface area contributed by atoms with Crippen LogP contribution in [0.3, 0.4) is 0 Å². The van der Waals surface area contributed by atoms with Crippen LogP contribution in [0.5, 0.6) is 5.75 Å². The zero-order valence-electron chi connectivity index (χ0n) is 8.42. The Bertz CT molecular complexity index is 301. The Balaban J connectivity index is 2.14. The average molecular weight is 255 g/mol. The molecule has 0 atom stereocenters. The maximum absolute atomic E-state index is 5.42. The van der Waals surface area contributed by atoms with Crippen LogP contribution in [0.25, 0.3) is 0 Å². The highest BCUT2D eigenvalue weighted by molar-refractivity contribution is 9.09. The summed E-state index contributed by atoms with van der Waals surface area (Å²) < 4.78 is 5.42. The lowest BCUT2D eigenvalue weighted by Gasteiger charge is -2.12. The van der Waals surface area contributed by atoms with Gasteiger partial charge in [-0.3, -0.25) is 0 Å². The zero-order chi connectivity index (χ0) is 10.0. The molecule has 14 heavy (non-hydrogen) atoms. The van der Waals surface area contributed by atoms with E-state index < -0.39 is 0 Å². The summed E-state index contributed by atoms with van der Waals surface area (Å²) in [4.78, 5) is 0. The van der Waals surface area contributed by atoms with Crippen molar-refractivity contribution in [2.45, 2.75) is 25.2 Å². The first-order valence-electron chi connectivity index (χ1n) is 5.10. The topological polar surface area (TPSA) is 9.23 Å². The fourth-order valence-electron chi connectivity index (χ4n) is 1.72. The van der Waals surface area contributed by atoms with E-state index in [2.05, 4.69) is 40.2 Å². The lowest BCUT2D eigenvalue weighted by Crippen LogP contribution is -2.07. The van der Waals surface area contributed by atoms with Gasteiger partial charge in [-0.25, -0.2) is 0 Å². The van der Waals surface area contributed by atoms with Crippen LogP contribution in [0.1, 0.15) is 25.3 Å². The van der Waals surface area contributed by atoms with Crippen molar-refractivity contribution in [3.05, 3.63) is 29.8 Å². The molecule has 0 unspecified atom stereocenters. The maximum Gasteiger partial charge on any atom is 0.119 e. The van der Waals surface area contributed by atoms with Crippen molar-refractivity contribution in [2.24, 2.45) is 0 Å². The highest BCUT2D eigenvalue weighted by Crippen LogP contribution is 2.49. The van der Waals surface area contributed by atoms with Gasteiger partial charge in [0.25, 0.3) is 0 Å². The monoisotopic (exact) mass is 254 g/mol. The lowest BCUT2D eigenvalue weighted by atomic mass is 9.98. The first-order valence-corrected chi connectivity index (χ1v) is 6.22. The van der Waals surface area contributed by atoms with E-state index in [1.165, 1.54) is 18.4 Å². The Hall–Kier alpha value is -0.500. The Labute approximate surface area is 93.6 Å². The normalized spacial score (nSPS) is 17.9. The van der Waals surface area contributed by atoms with Gasteiger partial charge in [0.15, 0.2) is 0 Å². The molecule has 1 aliphatic carbocycles. The minimum atomic E-state index is 0.435. The molecular formula is C12H15BrO. The van der Waals surface area contributed by atoms with Crippen LogP contribution in [0.15, 0.2) is 24.3 Å². The largest absolute Gasteiger partial charge is 0.494 e. The van der Waals surface area contributed by atoms with Gasteiger partial charge in [-0.05, 0) is 37.5 Å². The summed E-state index contributed by atoms with van der Waals surface area (Å²) in [6, 6.07) is 8.53. The van der Waals surface area contributed by atoms with Crippen molar-refractivity contribution in [2.75, 3.05) is 11.9 Å². The molecule has 0 saturated heterocycles. The predicted molar refractivity (Wildman–Crippen MR) is 62.3 cm³/mol. The van der Waals surface area contributed by atoms with E-state index in [4.69, 9.17) is 4.74 Å². The molecule has 0 amide bonds.